The fraction of sp³-hybridized carbons (Fsp3) is 0.261. The first-order valence-corrected chi connectivity index (χ1v) is 11.3. The molecule has 1 aliphatic rings. The number of imide groups is 1. The maximum Gasteiger partial charge on any atom is 0.321 e. The predicted molar refractivity (Wildman–Crippen MR) is 122 cm³/mol. The van der Waals surface area contributed by atoms with E-state index in [2.05, 4.69) is 15.6 Å². The molecule has 166 valence electrons. The van der Waals surface area contributed by atoms with Crippen molar-refractivity contribution in [1.29, 1.82) is 0 Å². The summed E-state index contributed by atoms with van der Waals surface area (Å²) in [5, 5.41) is 5.74. The molecule has 9 heteroatoms. The Hall–Kier alpha value is -3.46. The highest BCUT2D eigenvalue weighted by molar-refractivity contribution is 7.99. The monoisotopic (exact) mass is 452 g/mol. The number of fused-ring (bicyclic) bond motifs is 1. The highest BCUT2D eigenvalue weighted by Crippen LogP contribution is 2.35. The number of nitrogens with one attached hydrogen (secondary N) is 2. The van der Waals surface area contributed by atoms with Crippen molar-refractivity contribution in [1.82, 2.24) is 20.2 Å². The smallest absolute Gasteiger partial charge is 0.321 e. The normalized spacial score (nSPS) is 12.3. The van der Waals surface area contributed by atoms with Crippen LogP contribution in [0.5, 0.6) is 11.5 Å². The van der Waals surface area contributed by atoms with Crippen LogP contribution in [0.15, 0.2) is 59.9 Å². The summed E-state index contributed by atoms with van der Waals surface area (Å²) in [5.74, 6) is 1.15. The number of rotatable bonds is 7. The summed E-state index contributed by atoms with van der Waals surface area (Å²) in [4.78, 5) is 28.7. The lowest BCUT2D eigenvalue weighted by atomic mass is 10.1. The summed E-state index contributed by atoms with van der Waals surface area (Å²) in [6, 6.07) is 14.8. The number of hydrogen-bond donors (Lipinski definition) is 2. The lowest BCUT2D eigenvalue weighted by molar-refractivity contribution is -0.117. The zero-order chi connectivity index (χ0) is 22.3. The first-order chi connectivity index (χ1) is 15.6. The molecular weight excluding hydrogens is 428 g/mol. The van der Waals surface area contributed by atoms with Gasteiger partial charge in [-0.2, -0.15) is 0 Å². The molecule has 4 rings (SSSR count). The van der Waals surface area contributed by atoms with Gasteiger partial charge in [-0.15, -0.1) is 0 Å². The van der Waals surface area contributed by atoms with Gasteiger partial charge in [0.25, 0.3) is 0 Å². The topological polar surface area (TPSA) is 94.5 Å². The van der Waals surface area contributed by atoms with Crippen LogP contribution in [0.1, 0.15) is 12.5 Å². The van der Waals surface area contributed by atoms with Crippen LogP contribution >= 0.6 is 11.8 Å². The number of thioether (sulfide) groups is 1. The summed E-state index contributed by atoms with van der Waals surface area (Å²) >= 11 is 1.28. The molecular formula is C23H24N4O4S. The Kier molecular flexibility index (Phi) is 6.96. The Balaban J connectivity index is 1.34. The van der Waals surface area contributed by atoms with E-state index in [0.717, 1.165) is 22.6 Å². The minimum Gasteiger partial charge on any atom is -0.486 e. The van der Waals surface area contributed by atoms with Crippen molar-refractivity contribution in [2.45, 2.75) is 25.2 Å². The fourth-order valence-corrected chi connectivity index (χ4v) is 4.17. The van der Waals surface area contributed by atoms with Crippen molar-refractivity contribution in [3.63, 3.8) is 0 Å². The van der Waals surface area contributed by atoms with Gasteiger partial charge < -0.3 is 19.4 Å². The summed E-state index contributed by atoms with van der Waals surface area (Å²) in [6.07, 6.45) is 1.78. The molecule has 0 atom stereocenters. The Morgan fingerprint density at radius 2 is 1.88 bits per heavy atom. The standard InChI is InChI=1S/C23H24N4O4S/c1-2-27-18(17-8-9-19-20(12-17)31-11-10-30-19)14-25-23(27)32-15-21(28)26-22(29)24-13-16-6-4-3-5-7-16/h3-9,12,14H,2,10-11,13,15H2,1H3,(H2,24,26,28,29). The summed E-state index contributed by atoms with van der Waals surface area (Å²) < 4.78 is 13.3. The van der Waals surface area contributed by atoms with E-state index in [4.69, 9.17) is 9.47 Å². The summed E-state index contributed by atoms with van der Waals surface area (Å²) in [5.41, 5.74) is 2.84. The van der Waals surface area contributed by atoms with Gasteiger partial charge in [0.2, 0.25) is 5.91 Å². The van der Waals surface area contributed by atoms with E-state index >= 15 is 0 Å². The summed E-state index contributed by atoms with van der Waals surface area (Å²) in [7, 11) is 0. The molecule has 0 saturated carbocycles. The van der Waals surface area contributed by atoms with E-state index < -0.39 is 6.03 Å². The maximum absolute atomic E-state index is 12.2. The third-order valence-corrected chi connectivity index (χ3v) is 5.84. The molecule has 1 aliphatic heterocycles. The van der Waals surface area contributed by atoms with Crippen LogP contribution in [-0.2, 0) is 17.9 Å². The number of aromatic nitrogens is 2. The number of carbonyl (C=O) groups is 2. The van der Waals surface area contributed by atoms with Gasteiger partial charge in [-0.3, -0.25) is 10.1 Å². The zero-order valence-electron chi connectivity index (χ0n) is 17.7. The van der Waals surface area contributed by atoms with Crippen molar-refractivity contribution in [2.75, 3.05) is 19.0 Å². The van der Waals surface area contributed by atoms with Crippen LogP contribution < -0.4 is 20.1 Å². The lowest BCUT2D eigenvalue weighted by Crippen LogP contribution is -2.40. The van der Waals surface area contributed by atoms with Crippen LogP contribution in [0, 0.1) is 0 Å². The van der Waals surface area contributed by atoms with Crippen LogP contribution in [0.4, 0.5) is 4.79 Å². The second kappa shape index (κ2) is 10.2. The van der Waals surface area contributed by atoms with Gasteiger partial charge in [-0.1, -0.05) is 42.1 Å². The number of hydrogen-bond acceptors (Lipinski definition) is 6. The lowest BCUT2D eigenvalue weighted by Gasteiger charge is -2.19. The third kappa shape index (κ3) is 5.23. The van der Waals surface area contributed by atoms with E-state index in [9.17, 15) is 9.59 Å². The highest BCUT2D eigenvalue weighted by Gasteiger charge is 2.17. The summed E-state index contributed by atoms with van der Waals surface area (Å²) in [6.45, 7) is 4.13. The quantitative estimate of drug-likeness (QED) is 0.533. The number of nitrogens with zero attached hydrogens (tertiary/aromatic N) is 2. The van der Waals surface area contributed by atoms with E-state index in [-0.39, 0.29) is 11.7 Å². The number of benzene rings is 2. The molecule has 3 aromatic rings. The van der Waals surface area contributed by atoms with Crippen LogP contribution in [0.25, 0.3) is 11.3 Å². The Bertz CT molecular complexity index is 1100. The third-order valence-electron chi connectivity index (χ3n) is 4.85. The molecule has 32 heavy (non-hydrogen) atoms. The molecule has 0 spiro atoms. The SMILES string of the molecule is CCn1c(-c2ccc3c(c2)OCCO3)cnc1SCC(=O)NC(=O)NCc1ccccc1. The average Bonchev–Trinajstić information content (AvgIpc) is 3.24. The molecule has 0 unspecified atom stereocenters. The number of amides is 3. The van der Waals surface area contributed by atoms with Gasteiger partial charge in [0, 0.05) is 18.7 Å². The van der Waals surface area contributed by atoms with E-state index in [1.54, 1.807) is 6.20 Å². The maximum atomic E-state index is 12.2. The molecule has 3 amide bonds. The molecule has 2 heterocycles. The Labute approximate surface area is 190 Å². The molecule has 2 aromatic carbocycles. The number of carbonyl (C=O) groups excluding carboxylic acids is 2. The fourth-order valence-electron chi connectivity index (χ4n) is 3.33. The van der Waals surface area contributed by atoms with Crippen molar-refractivity contribution >= 4 is 23.7 Å². The molecule has 0 bridgehead atoms. The van der Waals surface area contributed by atoms with Crippen LogP contribution in [0.2, 0.25) is 0 Å². The Morgan fingerprint density at radius 3 is 2.66 bits per heavy atom. The predicted octanol–water partition coefficient (Wildman–Crippen LogP) is 3.46. The first-order valence-electron chi connectivity index (χ1n) is 10.3. The molecule has 0 fully saturated rings. The molecule has 8 nitrogen and oxygen atoms in total. The second-order valence-electron chi connectivity index (χ2n) is 7.03. The van der Waals surface area contributed by atoms with E-state index in [1.807, 2.05) is 60.0 Å². The Morgan fingerprint density at radius 1 is 1.09 bits per heavy atom. The van der Waals surface area contributed by atoms with Gasteiger partial charge in [0.1, 0.15) is 13.2 Å². The number of imidazole rings is 1. The highest BCUT2D eigenvalue weighted by atomic mass is 32.2. The second-order valence-corrected chi connectivity index (χ2v) is 7.98. The van der Waals surface area contributed by atoms with Crippen molar-refractivity contribution in [2.24, 2.45) is 0 Å². The van der Waals surface area contributed by atoms with Gasteiger partial charge in [-0.05, 0) is 30.7 Å². The van der Waals surface area contributed by atoms with Crippen LogP contribution in [0.3, 0.4) is 0 Å². The minimum atomic E-state index is -0.518. The molecule has 0 saturated heterocycles. The van der Waals surface area contributed by atoms with Gasteiger partial charge >= 0.3 is 6.03 Å². The van der Waals surface area contributed by atoms with E-state index in [1.165, 1.54) is 11.8 Å². The zero-order valence-corrected chi connectivity index (χ0v) is 18.5. The first kappa shape index (κ1) is 21.8. The minimum absolute atomic E-state index is 0.0797. The van der Waals surface area contributed by atoms with Crippen LogP contribution in [-0.4, -0.2) is 40.5 Å². The number of ether oxygens (including phenoxy) is 2. The van der Waals surface area contributed by atoms with Crippen molar-refractivity contribution in [3.05, 3.63) is 60.3 Å². The molecule has 1 aromatic heterocycles. The average molecular weight is 453 g/mol. The van der Waals surface area contributed by atoms with E-state index in [0.29, 0.717) is 37.2 Å². The van der Waals surface area contributed by atoms with Crippen molar-refractivity contribution in [3.8, 4) is 22.8 Å². The molecule has 0 radical (unpaired) electrons. The molecule has 2 N–H and O–H groups in total. The van der Waals surface area contributed by atoms with Gasteiger partial charge in [-0.25, -0.2) is 9.78 Å². The number of urea groups is 1. The van der Waals surface area contributed by atoms with Crippen molar-refractivity contribution < 1.29 is 19.1 Å². The van der Waals surface area contributed by atoms with Gasteiger partial charge in [0.15, 0.2) is 16.7 Å². The largest absolute Gasteiger partial charge is 0.486 e. The molecule has 0 aliphatic carbocycles. The van der Waals surface area contributed by atoms with Gasteiger partial charge in [0.05, 0.1) is 17.6 Å².